The molecule has 1 rings (SSSR count). The van der Waals surface area contributed by atoms with Gasteiger partial charge < -0.3 is 15.1 Å². The molecule has 1 aliphatic heterocycles. The largest absolute Gasteiger partial charge is 0.480 e. The summed E-state index contributed by atoms with van der Waals surface area (Å²) in [5, 5.41) is 19.6. The summed E-state index contributed by atoms with van der Waals surface area (Å²) in [6.45, 7) is 0.0522. The molecule has 0 aliphatic carbocycles. The highest BCUT2D eigenvalue weighted by molar-refractivity contribution is 5.83. The summed E-state index contributed by atoms with van der Waals surface area (Å²) < 4.78 is 0. The molecule has 1 fully saturated rings. The molecule has 7 nitrogen and oxygen atoms in total. The van der Waals surface area contributed by atoms with Crippen LogP contribution in [0.15, 0.2) is 0 Å². The van der Waals surface area contributed by atoms with Crippen molar-refractivity contribution in [2.75, 3.05) is 20.6 Å². The number of rotatable bonds is 2. The Morgan fingerprint density at radius 2 is 2.07 bits per heavy atom. The maximum absolute atomic E-state index is 11.5. The van der Waals surface area contributed by atoms with Crippen molar-refractivity contribution in [1.82, 2.24) is 15.3 Å². The summed E-state index contributed by atoms with van der Waals surface area (Å²) in [7, 11) is 3.25. The third-order valence-electron chi connectivity index (χ3n) is 2.14. The molecule has 0 unspecified atom stereocenters. The first-order valence-corrected chi connectivity index (χ1v) is 4.57. The van der Waals surface area contributed by atoms with Crippen molar-refractivity contribution in [2.45, 2.75) is 18.6 Å². The van der Waals surface area contributed by atoms with E-state index in [2.05, 4.69) is 5.43 Å². The smallest absolute Gasteiger partial charge is 0.332 e. The van der Waals surface area contributed by atoms with E-state index in [0.717, 1.165) is 4.90 Å². The van der Waals surface area contributed by atoms with E-state index in [1.54, 1.807) is 14.1 Å². The maximum Gasteiger partial charge on any atom is 0.332 e. The number of likely N-dealkylation sites (tertiary alicyclic amines) is 1. The zero-order chi connectivity index (χ0) is 11.6. The number of hydrogen-bond acceptors (Lipinski definition) is 4. The fourth-order valence-electron chi connectivity index (χ4n) is 1.53. The number of aliphatic hydroxyl groups is 1. The van der Waals surface area contributed by atoms with Crippen LogP contribution in [0.5, 0.6) is 0 Å². The molecule has 0 radical (unpaired) electrons. The first kappa shape index (κ1) is 11.7. The average Bonchev–Trinajstić information content (AvgIpc) is 2.46. The Hall–Kier alpha value is -1.34. The summed E-state index contributed by atoms with van der Waals surface area (Å²) in [4.78, 5) is 23.4. The van der Waals surface area contributed by atoms with Crippen LogP contribution in [0.4, 0.5) is 4.79 Å². The standard InChI is InChI=1S/C8H15N3O4/c1-10(2)9-8(15)11-4-5(12)3-6(11)7(13)14/h5-6,12H,3-4H2,1-2H3,(H,9,15)(H,13,14)/t5-,6-/m0/s1. The Balaban J connectivity index is 2.66. The van der Waals surface area contributed by atoms with Crippen molar-refractivity contribution < 1.29 is 19.8 Å². The van der Waals surface area contributed by atoms with Gasteiger partial charge in [0.2, 0.25) is 0 Å². The molecule has 3 N–H and O–H groups in total. The number of amides is 2. The van der Waals surface area contributed by atoms with Gasteiger partial charge in [0.15, 0.2) is 0 Å². The number of carbonyl (C=O) groups is 2. The predicted molar refractivity (Wildman–Crippen MR) is 51.0 cm³/mol. The number of carboxylic acids is 1. The van der Waals surface area contributed by atoms with Gasteiger partial charge >= 0.3 is 12.0 Å². The molecule has 1 aliphatic rings. The van der Waals surface area contributed by atoms with E-state index in [1.165, 1.54) is 5.01 Å². The molecule has 0 aromatic rings. The van der Waals surface area contributed by atoms with E-state index in [-0.39, 0.29) is 13.0 Å². The fourth-order valence-corrected chi connectivity index (χ4v) is 1.53. The number of nitrogens with zero attached hydrogens (tertiary/aromatic N) is 2. The lowest BCUT2D eigenvalue weighted by atomic mass is 10.2. The van der Waals surface area contributed by atoms with Crippen LogP contribution in [0.25, 0.3) is 0 Å². The first-order valence-electron chi connectivity index (χ1n) is 4.57. The molecule has 2 amide bonds. The molecule has 15 heavy (non-hydrogen) atoms. The number of hydrazine groups is 1. The van der Waals surface area contributed by atoms with Crippen molar-refractivity contribution in [3.05, 3.63) is 0 Å². The highest BCUT2D eigenvalue weighted by Gasteiger charge is 2.39. The molecule has 0 bridgehead atoms. The minimum atomic E-state index is -1.10. The summed E-state index contributed by atoms with van der Waals surface area (Å²) in [6.07, 6.45) is -0.685. The fraction of sp³-hybridized carbons (Fsp3) is 0.750. The highest BCUT2D eigenvalue weighted by atomic mass is 16.4. The van der Waals surface area contributed by atoms with Crippen LogP contribution in [0, 0.1) is 0 Å². The van der Waals surface area contributed by atoms with Gasteiger partial charge in [-0.25, -0.2) is 14.6 Å². The third-order valence-corrected chi connectivity index (χ3v) is 2.14. The number of carboxylic acid groups (broad SMARTS) is 1. The Kier molecular flexibility index (Phi) is 3.48. The van der Waals surface area contributed by atoms with Crippen LogP contribution >= 0.6 is 0 Å². The zero-order valence-corrected chi connectivity index (χ0v) is 8.67. The van der Waals surface area contributed by atoms with Gasteiger partial charge in [0, 0.05) is 27.1 Å². The van der Waals surface area contributed by atoms with E-state index in [0.29, 0.717) is 0 Å². The molecule has 0 spiro atoms. The summed E-state index contributed by atoms with van der Waals surface area (Å²) >= 11 is 0. The zero-order valence-electron chi connectivity index (χ0n) is 8.67. The molecular weight excluding hydrogens is 202 g/mol. The lowest BCUT2D eigenvalue weighted by Gasteiger charge is -2.23. The minimum absolute atomic E-state index is 0.0522. The van der Waals surface area contributed by atoms with Gasteiger partial charge in [0.05, 0.1) is 6.10 Å². The second kappa shape index (κ2) is 4.45. The molecule has 1 heterocycles. The number of β-amino-alcohol motifs (C(OH)–C–C–N with tert-alkyl or cyclic N) is 1. The van der Waals surface area contributed by atoms with Gasteiger partial charge in [-0.15, -0.1) is 0 Å². The molecule has 0 aromatic heterocycles. The Bertz CT molecular complexity index is 269. The number of hydrogen-bond donors (Lipinski definition) is 3. The summed E-state index contributed by atoms with van der Waals surface area (Å²) in [5.41, 5.74) is 2.44. The van der Waals surface area contributed by atoms with Crippen molar-refractivity contribution in [1.29, 1.82) is 0 Å². The second-order valence-corrected chi connectivity index (χ2v) is 3.71. The number of aliphatic carboxylic acids is 1. The predicted octanol–water partition coefficient (Wildman–Crippen LogP) is -1.31. The molecular formula is C8H15N3O4. The van der Waals surface area contributed by atoms with Crippen LogP contribution in [-0.4, -0.2) is 64.9 Å². The van der Waals surface area contributed by atoms with E-state index in [4.69, 9.17) is 5.11 Å². The third kappa shape index (κ3) is 2.80. The topological polar surface area (TPSA) is 93.1 Å². The summed E-state index contributed by atoms with van der Waals surface area (Å²) in [5.74, 6) is -1.10. The van der Waals surface area contributed by atoms with Crippen molar-refractivity contribution in [3.63, 3.8) is 0 Å². The van der Waals surface area contributed by atoms with Crippen molar-refractivity contribution in [3.8, 4) is 0 Å². The normalized spacial score (nSPS) is 25.7. The molecule has 0 saturated carbocycles. The van der Waals surface area contributed by atoms with E-state index < -0.39 is 24.1 Å². The number of urea groups is 1. The van der Waals surface area contributed by atoms with Crippen molar-refractivity contribution >= 4 is 12.0 Å². The highest BCUT2D eigenvalue weighted by Crippen LogP contribution is 2.17. The number of aliphatic hydroxyl groups excluding tert-OH is 1. The monoisotopic (exact) mass is 217 g/mol. The van der Waals surface area contributed by atoms with Gasteiger partial charge in [0.25, 0.3) is 0 Å². The first-order chi connectivity index (χ1) is 6.91. The van der Waals surface area contributed by atoms with Crippen LogP contribution in [-0.2, 0) is 4.79 Å². The lowest BCUT2D eigenvalue weighted by Crippen LogP contribution is -2.50. The SMILES string of the molecule is CN(C)NC(=O)N1C[C@@H](O)C[C@H]1C(=O)O. The Morgan fingerprint density at radius 1 is 1.47 bits per heavy atom. The lowest BCUT2D eigenvalue weighted by molar-refractivity contribution is -0.141. The van der Waals surface area contributed by atoms with E-state index in [9.17, 15) is 14.7 Å². The van der Waals surface area contributed by atoms with Crippen LogP contribution in [0.3, 0.4) is 0 Å². The second-order valence-electron chi connectivity index (χ2n) is 3.71. The molecule has 1 saturated heterocycles. The van der Waals surface area contributed by atoms with Crippen LogP contribution < -0.4 is 5.43 Å². The summed E-state index contributed by atoms with van der Waals surface area (Å²) in [6, 6.07) is -1.45. The number of nitrogens with one attached hydrogen (secondary N) is 1. The minimum Gasteiger partial charge on any atom is -0.480 e. The van der Waals surface area contributed by atoms with Gasteiger partial charge in [-0.2, -0.15) is 0 Å². The molecule has 2 atom stereocenters. The maximum atomic E-state index is 11.5. The average molecular weight is 217 g/mol. The quantitative estimate of drug-likeness (QED) is 0.499. The van der Waals surface area contributed by atoms with E-state index >= 15 is 0 Å². The van der Waals surface area contributed by atoms with Gasteiger partial charge in [-0.3, -0.25) is 5.43 Å². The Morgan fingerprint density at radius 3 is 2.53 bits per heavy atom. The van der Waals surface area contributed by atoms with Gasteiger partial charge in [0.1, 0.15) is 6.04 Å². The Labute approximate surface area is 87.2 Å². The number of carbonyl (C=O) groups excluding carboxylic acids is 1. The molecule has 86 valence electrons. The van der Waals surface area contributed by atoms with Crippen LogP contribution in [0.2, 0.25) is 0 Å². The van der Waals surface area contributed by atoms with Gasteiger partial charge in [-0.1, -0.05) is 0 Å². The van der Waals surface area contributed by atoms with E-state index in [1.807, 2.05) is 0 Å². The molecule has 7 heteroatoms. The van der Waals surface area contributed by atoms with Gasteiger partial charge in [-0.05, 0) is 0 Å². The van der Waals surface area contributed by atoms with Crippen molar-refractivity contribution in [2.24, 2.45) is 0 Å². The van der Waals surface area contributed by atoms with Crippen LogP contribution in [0.1, 0.15) is 6.42 Å². The molecule has 0 aromatic carbocycles.